The molecule has 0 spiro atoms. The molecule has 0 atom stereocenters. The quantitative estimate of drug-likeness (QED) is 0.785. The molecular formula is C16H17N3S. The Labute approximate surface area is 122 Å². The fraction of sp³-hybridized carbons (Fsp3) is 0.250. The molecule has 3 aromatic rings. The Balaban J connectivity index is 1.98. The highest BCUT2D eigenvalue weighted by atomic mass is 32.1. The molecule has 2 heterocycles. The largest absolute Gasteiger partial charge is 0.370 e. The Morgan fingerprint density at radius 1 is 1.20 bits per heavy atom. The number of fused-ring (bicyclic) bond motifs is 1. The van der Waals surface area contributed by atoms with Crippen LogP contribution in [0.15, 0.2) is 35.7 Å². The second kappa shape index (κ2) is 5.59. The number of hydrogen-bond acceptors (Lipinski definition) is 4. The first-order valence-electron chi connectivity index (χ1n) is 6.80. The molecule has 102 valence electrons. The van der Waals surface area contributed by atoms with E-state index in [9.17, 15) is 0 Å². The third-order valence-electron chi connectivity index (χ3n) is 3.16. The molecule has 0 radical (unpaired) electrons. The summed E-state index contributed by atoms with van der Waals surface area (Å²) in [6.45, 7) is 5.06. The second-order valence-corrected chi connectivity index (χ2v) is 5.72. The summed E-state index contributed by atoms with van der Waals surface area (Å²) in [7, 11) is 0. The van der Waals surface area contributed by atoms with Crippen LogP contribution < -0.4 is 5.32 Å². The van der Waals surface area contributed by atoms with Crippen LogP contribution in [0.5, 0.6) is 0 Å². The Kier molecular flexibility index (Phi) is 3.65. The number of benzene rings is 1. The van der Waals surface area contributed by atoms with Gasteiger partial charge in [-0.1, -0.05) is 29.8 Å². The molecule has 0 aliphatic heterocycles. The summed E-state index contributed by atoms with van der Waals surface area (Å²) in [6.07, 6.45) is 0.772. The first-order chi connectivity index (χ1) is 9.76. The highest BCUT2D eigenvalue weighted by Gasteiger charge is 2.08. The first-order valence-corrected chi connectivity index (χ1v) is 7.68. The molecule has 3 nitrogen and oxygen atoms in total. The van der Waals surface area contributed by atoms with Crippen LogP contribution in [0.3, 0.4) is 0 Å². The average Bonchev–Trinajstić information content (AvgIpc) is 2.87. The average molecular weight is 283 g/mol. The molecule has 3 rings (SSSR count). The number of thiophene rings is 1. The zero-order valence-electron chi connectivity index (χ0n) is 11.7. The minimum Gasteiger partial charge on any atom is -0.370 e. The van der Waals surface area contributed by atoms with Gasteiger partial charge in [0.05, 0.1) is 5.39 Å². The minimum absolute atomic E-state index is 0.772. The van der Waals surface area contributed by atoms with Crippen LogP contribution in [-0.4, -0.2) is 16.5 Å². The van der Waals surface area contributed by atoms with Crippen molar-refractivity contribution in [3.05, 3.63) is 52.7 Å². The molecule has 0 bridgehead atoms. The SMILES string of the molecule is CCNc1nc(Cc2cccc(C)c2)nc2sccc12. The Hall–Kier alpha value is -1.94. The fourth-order valence-electron chi connectivity index (χ4n) is 2.29. The van der Waals surface area contributed by atoms with Crippen molar-refractivity contribution in [2.75, 3.05) is 11.9 Å². The molecule has 0 amide bonds. The maximum atomic E-state index is 4.67. The van der Waals surface area contributed by atoms with Crippen LogP contribution in [-0.2, 0) is 6.42 Å². The van der Waals surface area contributed by atoms with E-state index in [2.05, 4.69) is 64.8 Å². The highest BCUT2D eigenvalue weighted by Crippen LogP contribution is 2.25. The van der Waals surface area contributed by atoms with Crippen molar-refractivity contribution >= 4 is 27.4 Å². The normalized spacial score (nSPS) is 10.9. The summed E-state index contributed by atoms with van der Waals surface area (Å²) in [6, 6.07) is 10.6. The van der Waals surface area contributed by atoms with Crippen molar-refractivity contribution < 1.29 is 0 Å². The lowest BCUT2D eigenvalue weighted by Crippen LogP contribution is -2.04. The molecule has 20 heavy (non-hydrogen) atoms. The van der Waals surface area contributed by atoms with Gasteiger partial charge in [-0.15, -0.1) is 11.3 Å². The summed E-state index contributed by atoms with van der Waals surface area (Å²) in [4.78, 5) is 10.4. The molecule has 0 saturated carbocycles. The monoisotopic (exact) mass is 283 g/mol. The standard InChI is InChI=1S/C16H17N3S/c1-3-17-15-13-7-8-20-16(13)19-14(18-15)10-12-6-4-5-11(2)9-12/h4-9H,3,10H2,1-2H3,(H,17,18,19). The maximum Gasteiger partial charge on any atom is 0.138 e. The molecule has 0 unspecified atom stereocenters. The zero-order chi connectivity index (χ0) is 13.9. The molecule has 4 heteroatoms. The molecule has 0 fully saturated rings. The van der Waals surface area contributed by atoms with Gasteiger partial charge in [0.15, 0.2) is 0 Å². The van der Waals surface area contributed by atoms with E-state index >= 15 is 0 Å². The van der Waals surface area contributed by atoms with Crippen LogP contribution >= 0.6 is 11.3 Å². The number of anilines is 1. The molecule has 2 aromatic heterocycles. The van der Waals surface area contributed by atoms with E-state index in [0.717, 1.165) is 34.8 Å². The van der Waals surface area contributed by atoms with Gasteiger partial charge in [-0.25, -0.2) is 9.97 Å². The van der Waals surface area contributed by atoms with E-state index in [1.807, 2.05) is 0 Å². The molecule has 0 aliphatic rings. The minimum atomic E-state index is 0.772. The number of rotatable bonds is 4. The zero-order valence-corrected chi connectivity index (χ0v) is 12.5. The van der Waals surface area contributed by atoms with Gasteiger partial charge in [-0.3, -0.25) is 0 Å². The summed E-state index contributed by atoms with van der Waals surface area (Å²) >= 11 is 1.66. The fourth-order valence-corrected chi connectivity index (χ4v) is 3.07. The first kappa shape index (κ1) is 13.1. The van der Waals surface area contributed by atoms with Crippen LogP contribution in [0.2, 0.25) is 0 Å². The predicted molar refractivity (Wildman–Crippen MR) is 85.6 cm³/mol. The Morgan fingerprint density at radius 2 is 2.10 bits per heavy atom. The smallest absolute Gasteiger partial charge is 0.138 e. The van der Waals surface area contributed by atoms with E-state index in [4.69, 9.17) is 0 Å². The van der Waals surface area contributed by atoms with Crippen molar-refractivity contribution in [2.45, 2.75) is 20.3 Å². The van der Waals surface area contributed by atoms with Gasteiger partial charge in [0.25, 0.3) is 0 Å². The lowest BCUT2D eigenvalue weighted by molar-refractivity contribution is 0.988. The number of nitrogens with zero attached hydrogens (tertiary/aromatic N) is 2. The van der Waals surface area contributed by atoms with Gasteiger partial charge in [-0.2, -0.15) is 0 Å². The number of aryl methyl sites for hydroxylation is 1. The summed E-state index contributed by atoms with van der Waals surface area (Å²) < 4.78 is 0. The van der Waals surface area contributed by atoms with E-state index < -0.39 is 0 Å². The second-order valence-electron chi connectivity index (χ2n) is 4.82. The topological polar surface area (TPSA) is 37.8 Å². The van der Waals surface area contributed by atoms with E-state index in [-0.39, 0.29) is 0 Å². The number of nitrogens with one attached hydrogen (secondary N) is 1. The molecule has 1 aromatic carbocycles. The predicted octanol–water partition coefficient (Wildman–Crippen LogP) is 4.02. The van der Waals surface area contributed by atoms with Crippen molar-refractivity contribution in [2.24, 2.45) is 0 Å². The van der Waals surface area contributed by atoms with E-state index in [1.165, 1.54) is 11.1 Å². The van der Waals surface area contributed by atoms with Crippen molar-refractivity contribution in [1.82, 2.24) is 9.97 Å². The molecule has 0 saturated heterocycles. The van der Waals surface area contributed by atoms with Gasteiger partial charge in [0, 0.05) is 13.0 Å². The third-order valence-corrected chi connectivity index (χ3v) is 3.97. The molecule has 1 N–H and O–H groups in total. The number of aromatic nitrogens is 2. The van der Waals surface area contributed by atoms with E-state index in [1.54, 1.807) is 11.3 Å². The van der Waals surface area contributed by atoms with E-state index in [0.29, 0.717) is 0 Å². The summed E-state index contributed by atoms with van der Waals surface area (Å²) in [5.41, 5.74) is 2.52. The van der Waals surface area contributed by atoms with Gasteiger partial charge in [0.2, 0.25) is 0 Å². The Morgan fingerprint density at radius 3 is 2.90 bits per heavy atom. The van der Waals surface area contributed by atoms with Crippen LogP contribution in [0, 0.1) is 6.92 Å². The number of hydrogen-bond donors (Lipinski definition) is 1. The van der Waals surface area contributed by atoms with Crippen molar-refractivity contribution in [1.29, 1.82) is 0 Å². The van der Waals surface area contributed by atoms with Crippen LogP contribution in [0.1, 0.15) is 23.9 Å². The van der Waals surface area contributed by atoms with Gasteiger partial charge in [0.1, 0.15) is 16.5 Å². The molecular weight excluding hydrogens is 266 g/mol. The van der Waals surface area contributed by atoms with Crippen molar-refractivity contribution in [3.63, 3.8) is 0 Å². The lowest BCUT2D eigenvalue weighted by Gasteiger charge is -2.07. The van der Waals surface area contributed by atoms with Gasteiger partial charge >= 0.3 is 0 Å². The van der Waals surface area contributed by atoms with Gasteiger partial charge in [-0.05, 0) is 30.9 Å². The third kappa shape index (κ3) is 2.65. The van der Waals surface area contributed by atoms with Gasteiger partial charge < -0.3 is 5.32 Å². The highest BCUT2D eigenvalue weighted by molar-refractivity contribution is 7.16. The van der Waals surface area contributed by atoms with Crippen LogP contribution in [0.4, 0.5) is 5.82 Å². The maximum absolute atomic E-state index is 4.67. The molecule has 0 aliphatic carbocycles. The summed E-state index contributed by atoms with van der Waals surface area (Å²) in [5, 5.41) is 6.51. The van der Waals surface area contributed by atoms with Crippen LogP contribution in [0.25, 0.3) is 10.2 Å². The summed E-state index contributed by atoms with van der Waals surface area (Å²) in [5.74, 6) is 1.82. The van der Waals surface area contributed by atoms with Crippen molar-refractivity contribution in [3.8, 4) is 0 Å². The lowest BCUT2D eigenvalue weighted by atomic mass is 10.1. The Bertz CT molecular complexity index is 733.